The van der Waals surface area contributed by atoms with Gasteiger partial charge in [0.2, 0.25) is 11.8 Å². The number of nitrogens with one attached hydrogen (secondary N) is 2. The molecule has 122 valence electrons. The smallest absolute Gasteiger partial charge is 0.242 e. The molecule has 0 aliphatic heterocycles. The van der Waals surface area contributed by atoms with Crippen molar-refractivity contribution < 1.29 is 14.0 Å². The Bertz CT molecular complexity index is 757. The van der Waals surface area contributed by atoms with E-state index in [1.54, 1.807) is 6.26 Å². The van der Waals surface area contributed by atoms with Gasteiger partial charge in [-0.3, -0.25) is 20.4 Å². The predicted octanol–water partition coefficient (Wildman–Crippen LogP) is 2.96. The predicted molar refractivity (Wildman–Crippen MR) is 87.8 cm³/mol. The van der Waals surface area contributed by atoms with Crippen LogP contribution in [0.2, 0.25) is 0 Å². The van der Waals surface area contributed by atoms with Crippen molar-refractivity contribution >= 4 is 22.8 Å². The van der Waals surface area contributed by atoms with E-state index in [1.165, 1.54) is 11.1 Å². The van der Waals surface area contributed by atoms with Gasteiger partial charge in [-0.25, -0.2) is 0 Å². The Hall–Kier alpha value is -2.30. The van der Waals surface area contributed by atoms with Gasteiger partial charge in [0.05, 0.1) is 12.7 Å². The van der Waals surface area contributed by atoms with Crippen LogP contribution in [-0.2, 0) is 16.0 Å². The molecular formula is C18H22N2O3. The highest BCUT2D eigenvalue weighted by Gasteiger charge is 2.29. The third-order valence-electron chi connectivity index (χ3n) is 4.29. The lowest BCUT2D eigenvalue weighted by atomic mass is 9.95. The van der Waals surface area contributed by atoms with Gasteiger partial charge in [-0.15, -0.1) is 0 Å². The second-order valence-electron chi connectivity index (χ2n) is 6.61. The Kier molecular flexibility index (Phi) is 4.11. The number of hydrazine groups is 1. The fourth-order valence-corrected chi connectivity index (χ4v) is 2.80. The topological polar surface area (TPSA) is 71.3 Å². The maximum atomic E-state index is 12.0. The first-order valence-corrected chi connectivity index (χ1v) is 8.05. The van der Waals surface area contributed by atoms with Crippen LogP contribution in [-0.4, -0.2) is 11.8 Å². The number of aryl methyl sites for hydroxylation is 1. The number of hydrogen-bond donors (Lipinski definition) is 2. The van der Waals surface area contributed by atoms with Gasteiger partial charge < -0.3 is 4.42 Å². The minimum absolute atomic E-state index is 0.0710. The van der Waals surface area contributed by atoms with Crippen molar-refractivity contribution in [1.29, 1.82) is 0 Å². The summed E-state index contributed by atoms with van der Waals surface area (Å²) in [5.41, 5.74) is 9.01. The Balaban J connectivity index is 1.73. The van der Waals surface area contributed by atoms with E-state index in [-0.39, 0.29) is 24.2 Å². The minimum atomic E-state index is -0.242. The van der Waals surface area contributed by atoms with Gasteiger partial charge in [-0.1, -0.05) is 13.8 Å². The fraction of sp³-hybridized carbons (Fsp3) is 0.444. The molecule has 1 heterocycles. The highest BCUT2D eigenvalue weighted by Crippen LogP contribution is 2.29. The number of rotatable bonds is 4. The molecule has 0 saturated heterocycles. The quantitative estimate of drug-likeness (QED) is 0.852. The molecule has 23 heavy (non-hydrogen) atoms. The second kappa shape index (κ2) is 6.07. The van der Waals surface area contributed by atoms with Crippen LogP contribution in [0, 0.1) is 12.8 Å². The van der Waals surface area contributed by atoms with Gasteiger partial charge in [-0.05, 0) is 48.9 Å². The molecule has 1 saturated carbocycles. The van der Waals surface area contributed by atoms with Crippen LogP contribution in [0.5, 0.6) is 0 Å². The number of hydrogen-bond acceptors (Lipinski definition) is 3. The number of fused-ring (bicyclic) bond motifs is 1. The van der Waals surface area contributed by atoms with Crippen LogP contribution >= 0.6 is 0 Å². The number of amides is 2. The van der Waals surface area contributed by atoms with Gasteiger partial charge in [-0.2, -0.15) is 0 Å². The number of carbonyl (C=O) groups is 2. The normalized spacial score (nSPS) is 14.3. The van der Waals surface area contributed by atoms with Crippen molar-refractivity contribution in [2.45, 2.75) is 46.0 Å². The highest BCUT2D eigenvalue weighted by molar-refractivity contribution is 5.90. The molecular weight excluding hydrogens is 292 g/mol. The lowest BCUT2D eigenvalue weighted by Crippen LogP contribution is -2.43. The third kappa shape index (κ3) is 3.38. The van der Waals surface area contributed by atoms with Crippen molar-refractivity contribution in [3.05, 3.63) is 35.1 Å². The first kappa shape index (κ1) is 15.6. The van der Waals surface area contributed by atoms with Crippen molar-refractivity contribution in [1.82, 2.24) is 10.9 Å². The average molecular weight is 314 g/mol. The van der Waals surface area contributed by atoms with Gasteiger partial charge in [0.15, 0.2) is 0 Å². The highest BCUT2D eigenvalue weighted by atomic mass is 16.3. The molecule has 5 nitrogen and oxygen atoms in total. The number of furan rings is 1. The van der Waals surface area contributed by atoms with Crippen molar-refractivity contribution in [3.8, 4) is 0 Å². The van der Waals surface area contributed by atoms with Crippen molar-refractivity contribution in [2.75, 3.05) is 0 Å². The summed E-state index contributed by atoms with van der Waals surface area (Å²) in [7, 11) is 0. The van der Waals surface area contributed by atoms with E-state index in [0.717, 1.165) is 29.4 Å². The zero-order valence-electron chi connectivity index (χ0n) is 13.7. The molecule has 2 amide bonds. The number of carbonyl (C=O) groups excluding carboxylic acids is 2. The van der Waals surface area contributed by atoms with E-state index < -0.39 is 0 Å². The molecule has 2 aromatic rings. The van der Waals surface area contributed by atoms with E-state index in [4.69, 9.17) is 4.42 Å². The Labute approximate surface area is 135 Å². The lowest BCUT2D eigenvalue weighted by molar-refractivity contribution is -0.129. The molecule has 5 heteroatoms. The van der Waals surface area contributed by atoms with Gasteiger partial charge >= 0.3 is 0 Å². The largest absolute Gasteiger partial charge is 0.464 e. The summed E-state index contributed by atoms with van der Waals surface area (Å²) in [4.78, 5) is 23.6. The molecule has 0 radical (unpaired) electrons. The summed E-state index contributed by atoms with van der Waals surface area (Å²) < 4.78 is 5.57. The van der Waals surface area contributed by atoms with E-state index >= 15 is 0 Å². The monoisotopic (exact) mass is 314 g/mol. The first-order chi connectivity index (χ1) is 11.0. The molecule has 1 aliphatic carbocycles. The van der Waals surface area contributed by atoms with Crippen LogP contribution in [0.3, 0.4) is 0 Å². The van der Waals surface area contributed by atoms with Gasteiger partial charge in [0.1, 0.15) is 5.58 Å². The minimum Gasteiger partial charge on any atom is -0.464 e. The summed E-state index contributed by atoms with van der Waals surface area (Å²) in [6.45, 7) is 6.36. The zero-order chi connectivity index (χ0) is 16.6. The molecule has 1 aromatic carbocycles. The molecule has 0 bridgehead atoms. The van der Waals surface area contributed by atoms with Gasteiger partial charge in [0, 0.05) is 16.9 Å². The van der Waals surface area contributed by atoms with Gasteiger partial charge in [0.25, 0.3) is 0 Å². The standard InChI is InChI=1S/C18H22N2O3/c1-10(2)14-8-15-13(9-23-16(15)6-11(14)3)7-17(21)19-20-18(22)12-4-5-12/h6,8-10,12H,4-5,7H2,1-3H3,(H,19,21)(H,20,22). The average Bonchev–Trinajstić information content (AvgIpc) is 3.28. The maximum Gasteiger partial charge on any atom is 0.242 e. The van der Waals surface area contributed by atoms with E-state index in [2.05, 4.69) is 37.7 Å². The summed E-state index contributed by atoms with van der Waals surface area (Å²) >= 11 is 0. The van der Waals surface area contributed by atoms with Crippen LogP contribution < -0.4 is 10.9 Å². The Morgan fingerprint density at radius 1 is 1.26 bits per heavy atom. The van der Waals surface area contributed by atoms with E-state index in [1.807, 2.05) is 6.07 Å². The summed E-state index contributed by atoms with van der Waals surface area (Å²) in [6.07, 6.45) is 3.62. The van der Waals surface area contributed by atoms with Crippen molar-refractivity contribution in [2.24, 2.45) is 5.92 Å². The van der Waals surface area contributed by atoms with Crippen LogP contribution in [0.1, 0.15) is 49.3 Å². The lowest BCUT2D eigenvalue weighted by Gasteiger charge is -2.10. The van der Waals surface area contributed by atoms with E-state index in [9.17, 15) is 9.59 Å². The molecule has 2 N–H and O–H groups in total. The first-order valence-electron chi connectivity index (χ1n) is 8.05. The molecule has 1 aromatic heterocycles. The van der Waals surface area contributed by atoms with Crippen LogP contribution in [0.15, 0.2) is 22.8 Å². The SMILES string of the molecule is Cc1cc2occ(CC(=O)NNC(=O)C3CC3)c2cc1C(C)C. The fourth-order valence-electron chi connectivity index (χ4n) is 2.80. The summed E-state index contributed by atoms with van der Waals surface area (Å²) in [6, 6.07) is 4.12. The molecule has 1 fully saturated rings. The van der Waals surface area contributed by atoms with E-state index in [0.29, 0.717) is 5.92 Å². The molecule has 0 unspecified atom stereocenters. The maximum absolute atomic E-state index is 12.0. The summed E-state index contributed by atoms with van der Waals surface area (Å²) in [5.74, 6) is 0.136. The molecule has 0 atom stereocenters. The van der Waals surface area contributed by atoms with Crippen LogP contribution in [0.25, 0.3) is 11.0 Å². The Morgan fingerprint density at radius 2 is 2.00 bits per heavy atom. The summed E-state index contributed by atoms with van der Waals surface area (Å²) in [5, 5.41) is 0.961. The second-order valence-corrected chi connectivity index (χ2v) is 6.61. The Morgan fingerprint density at radius 3 is 2.65 bits per heavy atom. The van der Waals surface area contributed by atoms with Crippen LogP contribution in [0.4, 0.5) is 0 Å². The third-order valence-corrected chi connectivity index (χ3v) is 4.29. The zero-order valence-corrected chi connectivity index (χ0v) is 13.7. The molecule has 0 spiro atoms. The van der Waals surface area contributed by atoms with Crippen molar-refractivity contribution in [3.63, 3.8) is 0 Å². The number of benzene rings is 1. The molecule has 1 aliphatic rings. The molecule has 3 rings (SSSR count).